The summed E-state index contributed by atoms with van der Waals surface area (Å²) in [4.78, 5) is 21.1. The average molecular weight is 217 g/mol. The van der Waals surface area contributed by atoms with Gasteiger partial charge in [0.15, 0.2) is 0 Å². The predicted molar refractivity (Wildman–Crippen MR) is 47.0 cm³/mol. The van der Waals surface area contributed by atoms with Gasteiger partial charge in [0, 0.05) is 18.1 Å². The zero-order valence-corrected chi connectivity index (χ0v) is 7.74. The summed E-state index contributed by atoms with van der Waals surface area (Å²) in [5, 5.41) is 19.9. The molecule has 0 saturated heterocycles. The van der Waals surface area contributed by atoms with E-state index in [2.05, 4.69) is 25.4 Å². The number of urea groups is 1. The lowest BCUT2D eigenvalue weighted by molar-refractivity contribution is -0.136. The van der Waals surface area contributed by atoms with E-state index in [-0.39, 0.29) is 18.1 Å². The second-order valence-corrected chi connectivity index (χ2v) is 2.92. The third-order valence-electron chi connectivity index (χ3n) is 1.14. The van der Waals surface area contributed by atoms with Crippen molar-refractivity contribution < 1.29 is 14.7 Å². The number of anilines is 1. The van der Waals surface area contributed by atoms with Crippen LogP contribution in [0.2, 0.25) is 0 Å². The number of carbonyl (C=O) groups excluding carboxylic acids is 1. The van der Waals surface area contributed by atoms with Gasteiger partial charge in [-0.2, -0.15) is 0 Å². The molecule has 0 saturated carbocycles. The monoisotopic (exact) mass is 217 g/mol. The topological polar surface area (TPSA) is 117 Å². The van der Waals surface area contributed by atoms with Gasteiger partial charge in [-0.25, -0.2) is 4.79 Å². The molecule has 0 aromatic carbocycles. The van der Waals surface area contributed by atoms with Gasteiger partial charge in [0.1, 0.15) is 0 Å². The van der Waals surface area contributed by atoms with Gasteiger partial charge in [-0.15, -0.1) is 0 Å². The summed E-state index contributed by atoms with van der Waals surface area (Å²) in [6.07, 6.45) is -0.123. The smallest absolute Gasteiger partial charge is 0.321 e. The fourth-order valence-corrected chi connectivity index (χ4v) is 0.968. The van der Waals surface area contributed by atoms with Crippen LogP contribution in [0, 0.1) is 0 Å². The van der Waals surface area contributed by atoms with Crippen molar-refractivity contribution in [2.45, 2.75) is 6.42 Å². The molecule has 3 N–H and O–H groups in total. The maximum absolute atomic E-state index is 11.0. The molecule has 14 heavy (non-hydrogen) atoms. The molecule has 1 heterocycles. The quantitative estimate of drug-likeness (QED) is 0.627. The van der Waals surface area contributed by atoms with Crippen LogP contribution in [0.3, 0.4) is 0 Å². The summed E-state index contributed by atoms with van der Waals surface area (Å²) in [6.45, 7) is 0.0629. The van der Waals surface area contributed by atoms with Crippen LogP contribution in [0.15, 0.2) is 0 Å². The number of carboxylic acid groups (broad SMARTS) is 1. The Morgan fingerprint density at radius 2 is 2.29 bits per heavy atom. The van der Waals surface area contributed by atoms with Crippen LogP contribution in [-0.4, -0.2) is 38.5 Å². The molecule has 0 atom stereocenters. The number of rotatable bonds is 4. The maximum Gasteiger partial charge on any atom is 0.321 e. The summed E-state index contributed by atoms with van der Waals surface area (Å²) in [5.74, 6) is -0.970. The fraction of sp³-hybridized carbons (Fsp3) is 0.400. The molecule has 1 rings (SSSR count). The molecule has 0 unspecified atom stereocenters. The molecule has 0 radical (unpaired) electrons. The van der Waals surface area contributed by atoms with Gasteiger partial charge in [0.25, 0.3) is 0 Å². The molecule has 1 aromatic heterocycles. The third-order valence-corrected chi connectivity index (χ3v) is 1.66. The number of carboxylic acids is 1. The van der Waals surface area contributed by atoms with Gasteiger partial charge in [0.05, 0.1) is 6.42 Å². The van der Waals surface area contributed by atoms with E-state index in [1.54, 1.807) is 0 Å². The van der Waals surface area contributed by atoms with Crippen molar-refractivity contribution in [1.29, 1.82) is 0 Å². The maximum atomic E-state index is 11.0. The predicted octanol–water partition coefficient (Wildman–Crippen LogP) is -0.471. The zero-order chi connectivity index (χ0) is 10.4. The minimum absolute atomic E-state index is 0.0629. The standard InChI is InChI=1S/C5H7N5O3S/c11-3(12)1-2-6-4(13)7-5-8-9-10-14-5/h1-2H2,(H,11,12)(H2,6,7,8,10,13). The molecule has 2 amide bonds. The van der Waals surface area contributed by atoms with Crippen molar-refractivity contribution in [3.8, 4) is 0 Å². The molecule has 8 nitrogen and oxygen atoms in total. The van der Waals surface area contributed by atoms with E-state index in [9.17, 15) is 9.59 Å². The molecule has 76 valence electrons. The van der Waals surface area contributed by atoms with Crippen molar-refractivity contribution in [2.75, 3.05) is 11.9 Å². The highest BCUT2D eigenvalue weighted by molar-refractivity contribution is 7.09. The Morgan fingerprint density at radius 3 is 2.86 bits per heavy atom. The summed E-state index contributed by atoms with van der Waals surface area (Å²) in [7, 11) is 0. The van der Waals surface area contributed by atoms with Crippen molar-refractivity contribution >= 4 is 28.7 Å². The summed E-state index contributed by atoms with van der Waals surface area (Å²) < 4.78 is 3.43. The number of aliphatic carboxylic acids is 1. The lowest BCUT2D eigenvalue weighted by Gasteiger charge is -2.01. The Hall–Kier alpha value is -1.77. The first-order chi connectivity index (χ1) is 6.68. The van der Waals surface area contributed by atoms with E-state index in [0.717, 1.165) is 11.5 Å². The van der Waals surface area contributed by atoms with Gasteiger partial charge in [0.2, 0.25) is 5.13 Å². The normalized spacial score (nSPS) is 9.43. The lowest BCUT2D eigenvalue weighted by atomic mass is 10.4. The van der Waals surface area contributed by atoms with Crippen molar-refractivity contribution in [3.63, 3.8) is 0 Å². The Kier molecular flexibility index (Phi) is 3.73. The van der Waals surface area contributed by atoms with Gasteiger partial charge < -0.3 is 10.4 Å². The first-order valence-corrected chi connectivity index (χ1v) is 4.37. The Bertz CT molecular complexity index is 313. The van der Waals surface area contributed by atoms with Gasteiger partial charge in [-0.05, 0) is 5.21 Å². The van der Waals surface area contributed by atoms with Crippen LogP contribution in [0.5, 0.6) is 0 Å². The number of amides is 2. The number of nitrogens with one attached hydrogen (secondary N) is 2. The van der Waals surface area contributed by atoms with Crippen LogP contribution < -0.4 is 10.6 Å². The third kappa shape index (κ3) is 3.76. The summed E-state index contributed by atoms with van der Waals surface area (Å²) >= 11 is 0.931. The number of nitrogens with zero attached hydrogens (tertiary/aromatic N) is 3. The van der Waals surface area contributed by atoms with Gasteiger partial charge >= 0.3 is 12.0 Å². The van der Waals surface area contributed by atoms with Crippen LogP contribution in [0.25, 0.3) is 0 Å². The van der Waals surface area contributed by atoms with Crippen LogP contribution in [0.4, 0.5) is 9.93 Å². The molecular weight excluding hydrogens is 210 g/mol. The van der Waals surface area contributed by atoms with Crippen LogP contribution in [-0.2, 0) is 4.79 Å². The minimum atomic E-state index is -0.970. The molecular formula is C5H7N5O3S. The van der Waals surface area contributed by atoms with E-state index < -0.39 is 12.0 Å². The lowest BCUT2D eigenvalue weighted by Crippen LogP contribution is -2.30. The van der Waals surface area contributed by atoms with E-state index in [1.807, 2.05) is 0 Å². The molecule has 0 aliphatic heterocycles. The Labute approximate surface area is 82.5 Å². The number of hydrogen-bond donors (Lipinski definition) is 3. The molecule has 0 aliphatic rings. The molecule has 0 aliphatic carbocycles. The van der Waals surface area contributed by atoms with Gasteiger partial charge in [-0.3, -0.25) is 10.1 Å². The molecule has 1 aromatic rings. The van der Waals surface area contributed by atoms with E-state index >= 15 is 0 Å². The zero-order valence-electron chi connectivity index (χ0n) is 6.93. The molecule has 0 fully saturated rings. The Balaban J connectivity index is 2.20. The Morgan fingerprint density at radius 1 is 1.50 bits per heavy atom. The van der Waals surface area contributed by atoms with Crippen molar-refractivity contribution in [1.82, 2.24) is 20.1 Å². The first-order valence-electron chi connectivity index (χ1n) is 3.60. The number of carbonyl (C=O) groups is 2. The highest BCUT2D eigenvalue weighted by Gasteiger charge is 2.04. The highest BCUT2D eigenvalue weighted by atomic mass is 32.1. The second-order valence-electron chi connectivity index (χ2n) is 2.19. The van der Waals surface area contributed by atoms with E-state index in [4.69, 9.17) is 5.11 Å². The van der Waals surface area contributed by atoms with E-state index in [0.29, 0.717) is 0 Å². The largest absolute Gasteiger partial charge is 0.481 e. The second kappa shape index (κ2) is 5.07. The summed E-state index contributed by atoms with van der Waals surface area (Å²) in [5.41, 5.74) is 0. The minimum Gasteiger partial charge on any atom is -0.481 e. The highest BCUT2D eigenvalue weighted by Crippen LogP contribution is 2.03. The average Bonchev–Trinajstić information content (AvgIpc) is 2.56. The SMILES string of the molecule is O=C(O)CCNC(=O)Nc1nnns1. The van der Waals surface area contributed by atoms with Crippen molar-refractivity contribution in [3.05, 3.63) is 0 Å². The van der Waals surface area contributed by atoms with Crippen LogP contribution >= 0.6 is 11.5 Å². The van der Waals surface area contributed by atoms with Crippen LogP contribution in [0.1, 0.15) is 6.42 Å². The first kappa shape index (κ1) is 10.3. The molecule has 0 bridgehead atoms. The number of aromatic nitrogens is 3. The molecule has 9 heteroatoms. The summed E-state index contributed by atoms with van der Waals surface area (Å²) in [6, 6.07) is -0.523. The molecule has 0 spiro atoms. The number of hydrogen-bond acceptors (Lipinski definition) is 6. The van der Waals surface area contributed by atoms with Crippen molar-refractivity contribution in [2.24, 2.45) is 0 Å². The fourth-order valence-electron chi connectivity index (χ4n) is 0.606. The van der Waals surface area contributed by atoms with E-state index in [1.165, 1.54) is 0 Å². The van der Waals surface area contributed by atoms with Gasteiger partial charge in [-0.1, -0.05) is 9.59 Å².